The smallest absolute Gasteiger partial charge is 0.307 e. The van der Waals surface area contributed by atoms with Gasteiger partial charge in [0, 0.05) is 18.3 Å². The summed E-state index contributed by atoms with van der Waals surface area (Å²) in [5.74, 6) is -0.669. The highest BCUT2D eigenvalue weighted by molar-refractivity contribution is 5.80. The third-order valence-corrected chi connectivity index (χ3v) is 3.13. The summed E-state index contributed by atoms with van der Waals surface area (Å²) in [6, 6.07) is 3.13. The van der Waals surface area contributed by atoms with E-state index in [9.17, 15) is 9.59 Å². The van der Waals surface area contributed by atoms with E-state index >= 15 is 0 Å². The summed E-state index contributed by atoms with van der Waals surface area (Å²) < 4.78 is 4.69. The molecule has 0 aliphatic heterocycles. The van der Waals surface area contributed by atoms with Crippen LogP contribution in [0.2, 0.25) is 0 Å². The molecule has 1 aromatic heterocycles. The van der Waals surface area contributed by atoms with Gasteiger partial charge >= 0.3 is 5.97 Å². The molecular weight excluding hydrogens is 268 g/mol. The van der Waals surface area contributed by atoms with Crippen LogP contribution in [0.4, 0.5) is 0 Å². The predicted molar refractivity (Wildman–Crippen MR) is 80.3 cm³/mol. The van der Waals surface area contributed by atoms with E-state index in [4.69, 9.17) is 0 Å². The summed E-state index contributed by atoms with van der Waals surface area (Å²) in [6.07, 6.45) is 3.96. The Kier molecular flexibility index (Phi) is 6.59. The Labute approximate surface area is 125 Å². The van der Waals surface area contributed by atoms with Crippen LogP contribution in [0.1, 0.15) is 38.3 Å². The molecule has 21 heavy (non-hydrogen) atoms. The molecule has 2 atom stereocenters. The number of esters is 1. The maximum atomic E-state index is 12.2. The molecule has 1 N–H and O–H groups in total. The van der Waals surface area contributed by atoms with Crippen molar-refractivity contribution >= 4 is 11.9 Å². The van der Waals surface area contributed by atoms with E-state index in [1.54, 1.807) is 24.5 Å². The van der Waals surface area contributed by atoms with Gasteiger partial charge in [0.05, 0.1) is 19.6 Å². The second-order valence-electron chi connectivity index (χ2n) is 5.18. The molecule has 5 heteroatoms. The lowest BCUT2D eigenvalue weighted by Gasteiger charge is -2.20. The van der Waals surface area contributed by atoms with Gasteiger partial charge in [-0.25, -0.2) is 0 Å². The number of rotatable bonds is 7. The molecule has 0 aliphatic rings. The third-order valence-electron chi connectivity index (χ3n) is 3.13. The van der Waals surface area contributed by atoms with Gasteiger partial charge in [0.1, 0.15) is 0 Å². The first kappa shape index (κ1) is 16.9. The zero-order valence-electron chi connectivity index (χ0n) is 12.8. The van der Waals surface area contributed by atoms with Crippen LogP contribution in [0.15, 0.2) is 36.7 Å². The van der Waals surface area contributed by atoms with E-state index in [1.165, 1.54) is 7.11 Å². The maximum Gasteiger partial charge on any atom is 0.307 e. The van der Waals surface area contributed by atoms with Crippen molar-refractivity contribution in [2.75, 3.05) is 7.11 Å². The maximum absolute atomic E-state index is 12.2. The van der Waals surface area contributed by atoms with Crippen LogP contribution >= 0.6 is 0 Å². The summed E-state index contributed by atoms with van der Waals surface area (Å²) in [5, 5.41) is 2.90. The van der Waals surface area contributed by atoms with E-state index in [0.717, 1.165) is 11.1 Å². The van der Waals surface area contributed by atoms with E-state index in [1.807, 2.05) is 13.8 Å². The number of carbonyl (C=O) groups is 2. The molecule has 5 nitrogen and oxygen atoms in total. The summed E-state index contributed by atoms with van der Waals surface area (Å²) in [7, 11) is 1.33. The molecule has 0 radical (unpaired) electrons. The van der Waals surface area contributed by atoms with Gasteiger partial charge in [-0.2, -0.15) is 0 Å². The summed E-state index contributed by atoms with van der Waals surface area (Å²) in [5.41, 5.74) is 1.78. The zero-order valence-corrected chi connectivity index (χ0v) is 12.8. The summed E-state index contributed by atoms with van der Waals surface area (Å²) in [6.45, 7) is 7.54. The van der Waals surface area contributed by atoms with Gasteiger partial charge in [0.25, 0.3) is 0 Å². The fraction of sp³-hybridized carbons (Fsp3) is 0.438. The second kappa shape index (κ2) is 8.19. The van der Waals surface area contributed by atoms with Gasteiger partial charge in [-0.15, -0.1) is 6.58 Å². The second-order valence-corrected chi connectivity index (χ2v) is 5.18. The van der Waals surface area contributed by atoms with Gasteiger partial charge in [-0.05, 0) is 31.0 Å². The van der Waals surface area contributed by atoms with Crippen LogP contribution in [0.3, 0.4) is 0 Å². The molecule has 0 spiro atoms. The predicted octanol–water partition coefficient (Wildman–Crippen LogP) is 2.40. The van der Waals surface area contributed by atoms with Gasteiger partial charge in [-0.3, -0.25) is 14.6 Å². The standard InChI is InChI=1S/C16H22N2O3/c1-11(2)9-12(3)16(20)18-14(10-15(19)21-4)13-5-7-17-8-6-13/h5-8,12,14H,1,9-10H2,2-4H3,(H,18,20). The van der Waals surface area contributed by atoms with Crippen molar-refractivity contribution < 1.29 is 14.3 Å². The highest BCUT2D eigenvalue weighted by Gasteiger charge is 2.21. The average molecular weight is 290 g/mol. The number of hydrogen-bond acceptors (Lipinski definition) is 4. The number of hydrogen-bond donors (Lipinski definition) is 1. The lowest BCUT2D eigenvalue weighted by atomic mass is 10.00. The number of carbonyl (C=O) groups excluding carboxylic acids is 2. The SMILES string of the molecule is C=C(C)CC(C)C(=O)NC(CC(=O)OC)c1ccncc1. The monoisotopic (exact) mass is 290 g/mol. The van der Waals surface area contributed by atoms with Crippen LogP contribution in [0, 0.1) is 5.92 Å². The Morgan fingerprint density at radius 2 is 1.95 bits per heavy atom. The quantitative estimate of drug-likeness (QED) is 0.618. The number of methoxy groups -OCH3 is 1. The lowest BCUT2D eigenvalue weighted by molar-refractivity contribution is -0.141. The fourth-order valence-corrected chi connectivity index (χ4v) is 2.03. The molecule has 1 heterocycles. The molecule has 0 aliphatic carbocycles. The molecule has 1 amide bonds. The Hall–Kier alpha value is -2.17. The van der Waals surface area contributed by atoms with Crippen molar-refractivity contribution in [2.45, 2.75) is 32.7 Å². The van der Waals surface area contributed by atoms with Crippen LogP contribution in [-0.4, -0.2) is 24.0 Å². The number of amides is 1. The van der Waals surface area contributed by atoms with Crippen LogP contribution in [0.25, 0.3) is 0 Å². The first-order valence-electron chi connectivity index (χ1n) is 6.85. The fourth-order valence-electron chi connectivity index (χ4n) is 2.03. The van der Waals surface area contributed by atoms with Gasteiger partial charge in [-0.1, -0.05) is 12.5 Å². The van der Waals surface area contributed by atoms with E-state index < -0.39 is 6.04 Å². The van der Waals surface area contributed by atoms with Gasteiger partial charge < -0.3 is 10.1 Å². The Morgan fingerprint density at radius 1 is 1.33 bits per heavy atom. The number of allylic oxidation sites excluding steroid dienone is 1. The normalized spacial score (nSPS) is 13.1. The Bertz CT molecular complexity index is 500. The van der Waals surface area contributed by atoms with Crippen molar-refractivity contribution in [3.63, 3.8) is 0 Å². The molecule has 0 fully saturated rings. The highest BCUT2D eigenvalue weighted by Crippen LogP contribution is 2.18. The number of ether oxygens (including phenoxy) is 1. The minimum atomic E-state index is -0.416. The van der Waals surface area contributed by atoms with Crippen LogP contribution in [0.5, 0.6) is 0 Å². The molecule has 0 saturated heterocycles. The molecular formula is C16H22N2O3. The molecule has 114 valence electrons. The molecule has 1 aromatic rings. The summed E-state index contributed by atoms with van der Waals surface area (Å²) >= 11 is 0. The third kappa shape index (κ3) is 5.77. The Balaban J connectivity index is 2.80. The zero-order chi connectivity index (χ0) is 15.8. The minimum Gasteiger partial charge on any atom is -0.469 e. The molecule has 0 bridgehead atoms. The van der Waals surface area contributed by atoms with Crippen molar-refractivity contribution in [1.29, 1.82) is 0 Å². The minimum absolute atomic E-state index is 0.0893. The van der Waals surface area contributed by atoms with Crippen molar-refractivity contribution in [3.8, 4) is 0 Å². The number of nitrogens with zero attached hydrogens (tertiary/aromatic N) is 1. The lowest BCUT2D eigenvalue weighted by Crippen LogP contribution is -2.34. The number of nitrogens with one attached hydrogen (secondary N) is 1. The van der Waals surface area contributed by atoms with E-state index in [0.29, 0.717) is 6.42 Å². The first-order chi connectivity index (χ1) is 9.93. The number of pyridine rings is 1. The molecule has 0 saturated carbocycles. The average Bonchev–Trinajstić information content (AvgIpc) is 2.46. The van der Waals surface area contributed by atoms with Crippen LogP contribution in [-0.2, 0) is 14.3 Å². The Morgan fingerprint density at radius 3 is 2.48 bits per heavy atom. The van der Waals surface area contributed by atoms with Gasteiger partial charge in [0.2, 0.25) is 5.91 Å². The highest BCUT2D eigenvalue weighted by atomic mass is 16.5. The van der Waals surface area contributed by atoms with Gasteiger partial charge in [0.15, 0.2) is 0 Å². The molecule has 0 aromatic carbocycles. The number of aromatic nitrogens is 1. The van der Waals surface area contributed by atoms with Crippen molar-refractivity contribution in [1.82, 2.24) is 10.3 Å². The van der Waals surface area contributed by atoms with Crippen LogP contribution < -0.4 is 5.32 Å². The largest absolute Gasteiger partial charge is 0.469 e. The van der Waals surface area contributed by atoms with E-state index in [2.05, 4.69) is 21.6 Å². The first-order valence-corrected chi connectivity index (χ1v) is 6.85. The van der Waals surface area contributed by atoms with Crippen molar-refractivity contribution in [2.24, 2.45) is 5.92 Å². The molecule has 2 unspecified atom stereocenters. The summed E-state index contributed by atoms with van der Waals surface area (Å²) in [4.78, 5) is 27.7. The van der Waals surface area contributed by atoms with E-state index in [-0.39, 0.29) is 24.2 Å². The van der Waals surface area contributed by atoms with Crippen molar-refractivity contribution in [3.05, 3.63) is 42.2 Å². The topological polar surface area (TPSA) is 68.3 Å². The molecule has 1 rings (SSSR count).